The molecule has 11 nitrogen and oxygen atoms in total. The van der Waals surface area contributed by atoms with Gasteiger partial charge in [0.05, 0.1) is 19.8 Å². The van der Waals surface area contributed by atoms with Crippen LogP contribution in [0.2, 0.25) is 0 Å². The number of hydrogen-bond donors (Lipinski definition) is 1. The van der Waals surface area contributed by atoms with Gasteiger partial charge in [-0.25, -0.2) is 9.36 Å². The first-order valence-corrected chi connectivity index (χ1v) is 26.2. The summed E-state index contributed by atoms with van der Waals surface area (Å²) in [6.45, 7) is 2.52. The van der Waals surface area contributed by atoms with Crippen LogP contribution in [0.5, 0.6) is 0 Å². The summed E-state index contributed by atoms with van der Waals surface area (Å²) in [4.78, 5) is 37.8. The van der Waals surface area contributed by atoms with Gasteiger partial charge in [-0.1, -0.05) is 220 Å². The van der Waals surface area contributed by atoms with Crippen molar-refractivity contribution < 1.29 is 46.7 Å². The van der Waals surface area contributed by atoms with Crippen LogP contribution in [0.1, 0.15) is 178 Å². The van der Waals surface area contributed by atoms with Crippen molar-refractivity contribution in [1.82, 2.24) is 5.32 Å². The Morgan fingerprint density at radius 1 is 0.462 bits per heavy atom. The predicted molar refractivity (Wildman–Crippen MR) is 258 cm³/mol. The maximum absolute atomic E-state index is 14.0. The number of esters is 2. The largest absolute Gasteiger partial charge is 0.475 e. The molecule has 1 amide bonds. The third-order valence-corrected chi connectivity index (χ3v) is 12.5. The topological polar surface area (TPSA) is 136 Å². The lowest BCUT2D eigenvalue weighted by Gasteiger charge is -2.22. The zero-order valence-electron chi connectivity index (χ0n) is 39.5. The number of carbonyl (C=O) groups is 3. The Kier molecular flexibility index (Phi) is 31.6. The SMILES string of the molecule is CCCCCCCCCCCCCCCC(=O)O[C@H](COC(=O)CCCCCCCCCCCNC(=O)OCc1ccccc1)COP(=O)(OCc1ccccc1)OCc1ccccc1. The first-order valence-electron chi connectivity index (χ1n) is 24.8. The number of benzene rings is 3. The molecule has 362 valence electrons. The molecule has 1 atom stereocenters. The molecule has 3 aromatic rings. The minimum Gasteiger partial charge on any atom is -0.462 e. The number of ether oxygens (including phenoxy) is 3. The average Bonchev–Trinajstić information content (AvgIpc) is 3.33. The van der Waals surface area contributed by atoms with Crippen LogP contribution in [0.25, 0.3) is 0 Å². The van der Waals surface area contributed by atoms with Crippen molar-refractivity contribution in [2.45, 2.75) is 187 Å². The van der Waals surface area contributed by atoms with E-state index in [2.05, 4.69) is 12.2 Å². The van der Waals surface area contributed by atoms with E-state index in [4.69, 9.17) is 27.8 Å². The third kappa shape index (κ3) is 30.0. The normalized spacial score (nSPS) is 11.8. The van der Waals surface area contributed by atoms with Crippen molar-refractivity contribution in [1.29, 1.82) is 0 Å². The zero-order chi connectivity index (χ0) is 46.3. The number of amides is 1. The second kappa shape index (κ2) is 37.1. The van der Waals surface area contributed by atoms with Gasteiger partial charge in [-0.3, -0.25) is 23.2 Å². The molecule has 65 heavy (non-hydrogen) atoms. The molecule has 0 aliphatic heterocycles. The Hall–Kier alpha value is -4.02. The summed E-state index contributed by atoms with van der Waals surface area (Å²) in [7, 11) is -4.15. The molecule has 12 heteroatoms. The van der Waals surface area contributed by atoms with Crippen LogP contribution in [0.3, 0.4) is 0 Å². The number of nitrogens with one attached hydrogen (secondary N) is 1. The molecule has 1 N–H and O–H groups in total. The van der Waals surface area contributed by atoms with Crippen LogP contribution in [-0.4, -0.2) is 43.9 Å². The van der Waals surface area contributed by atoms with Gasteiger partial charge in [0.1, 0.15) is 13.2 Å². The van der Waals surface area contributed by atoms with Crippen LogP contribution in [0.15, 0.2) is 91.0 Å². The highest BCUT2D eigenvalue weighted by atomic mass is 31.2. The summed E-state index contributed by atoms with van der Waals surface area (Å²) in [5.74, 6) is -0.803. The first-order chi connectivity index (χ1) is 31.8. The third-order valence-electron chi connectivity index (χ3n) is 11.1. The molecule has 3 aromatic carbocycles. The van der Waals surface area contributed by atoms with Crippen molar-refractivity contribution >= 4 is 25.9 Å². The monoisotopic (exact) mass is 922 g/mol. The number of phosphoric ester groups is 1. The van der Waals surface area contributed by atoms with E-state index in [9.17, 15) is 18.9 Å². The van der Waals surface area contributed by atoms with E-state index in [0.29, 0.717) is 19.4 Å². The van der Waals surface area contributed by atoms with E-state index in [1.54, 1.807) is 0 Å². The minimum atomic E-state index is -4.15. The molecule has 0 saturated carbocycles. The van der Waals surface area contributed by atoms with Gasteiger partial charge in [-0.2, -0.15) is 0 Å². The van der Waals surface area contributed by atoms with Gasteiger partial charge in [0.15, 0.2) is 6.10 Å². The van der Waals surface area contributed by atoms with Crippen LogP contribution < -0.4 is 5.32 Å². The summed E-state index contributed by atoms with van der Waals surface area (Å²) in [5, 5.41) is 2.82. The lowest BCUT2D eigenvalue weighted by molar-refractivity contribution is -0.161. The van der Waals surface area contributed by atoms with Crippen molar-refractivity contribution in [3.05, 3.63) is 108 Å². The fraction of sp³-hybridized carbons (Fsp3) is 0.604. The van der Waals surface area contributed by atoms with Gasteiger partial charge in [-0.05, 0) is 36.0 Å². The number of alkyl carbamates (subject to hydrolysis) is 1. The molecule has 0 radical (unpaired) electrons. The van der Waals surface area contributed by atoms with E-state index in [1.807, 2.05) is 91.0 Å². The Bertz CT molecular complexity index is 1630. The highest BCUT2D eigenvalue weighted by molar-refractivity contribution is 7.48. The summed E-state index contributed by atoms with van der Waals surface area (Å²) >= 11 is 0. The van der Waals surface area contributed by atoms with E-state index in [1.165, 1.54) is 57.8 Å². The van der Waals surface area contributed by atoms with Gasteiger partial charge < -0.3 is 19.5 Å². The van der Waals surface area contributed by atoms with Crippen LogP contribution >= 0.6 is 7.82 Å². The molecular formula is C53H80NO10P. The molecule has 0 unspecified atom stereocenters. The second-order valence-corrected chi connectivity index (χ2v) is 18.6. The molecule has 0 aliphatic rings. The Morgan fingerprint density at radius 3 is 1.32 bits per heavy atom. The fourth-order valence-corrected chi connectivity index (χ4v) is 8.43. The van der Waals surface area contributed by atoms with Crippen molar-refractivity contribution in [3.8, 4) is 0 Å². The second-order valence-electron chi connectivity index (χ2n) is 17.0. The molecule has 0 fully saturated rings. The highest BCUT2D eigenvalue weighted by Crippen LogP contribution is 2.51. The van der Waals surface area contributed by atoms with Crippen LogP contribution in [0.4, 0.5) is 4.79 Å². The number of rotatable bonds is 40. The average molecular weight is 922 g/mol. The van der Waals surface area contributed by atoms with E-state index in [0.717, 1.165) is 87.3 Å². The quantitative estimate of drug-likeness (QED) is 0.0254. The highest BCUT2D eigenvalue weighted by Gasteiger charge is 2.30. The van der Waals surface area contributed by atoms with Crippen molar-refractivity contribution in [2.24, 2.45) is 0 Å². The molecule has 0 aliphatic carbocycles. The Balaban J connectivity index is 1.35. The maximum atomic E-state index is 14.0. The standard InChI is InChI=1S/C53H80NO10P/c1-2-3-4-5-6-7-8-9-10-12-16-19-31-40-52(56)64-50(46-63-65(58,61-43-48-35-26-22-27-36-48)62-44-49-37-28-23-29-38-49)45-59-51(55)39-30-18-15-13-11-14-17-20-32-41-54-53(57)60-42-47-33-24-21-25-34-47/h21-29,33-38,50H,2-20,30-32,39-46H2,1H3,(H,54,57)/t50-/m1/s1. The van der Waals surface area contributed by atoms with E-state index in [-0.39, 0.29) is 57.9 Å². The van der Waals surface area contributed by atoms with E-state index >= 15 is 0 Å². The van der Waals surface area contributed by atoms with Gasteiger partial charge in [-0.15, -0.1) is 0 Å². The number of hydrogen-bond acceptors (Lipinski definition) is 10. The molecular weight excluding hydrogens is 842 g/mol. The molecule has 0 saturated heterocycles. The Labute approximate surface area is 391 Å². The van der Waals surface area contributed by atoms with Crippen LogP contribution in [0, 0.1) is 0 Å². The fourth-order valence-electron chi connectivity index (χ4n) is 7.24. The van der Waals surface area contributed by atoms with Crippen molar-refractivity contribution in [3.63, 3.8) is 0 Å². The number of unbranched alkanes of at least 4 members (excludes halogenated alkanes) is 20. The minimum absolute atomic E-state index is 0.0152. The van der Waals surface area contributed by atoms with Gasteiger partial charge in [0.25, 0.3) is 0 Å². The lowest BCUT2D eigenvalue weighted by atomic mass is 10.0. The molecule has 0 heterocycles. The summed E-state index contributed by atoms with van der Waals surface area (Å²) in [6.07, 6.45) is 23.8. The smallest absolute Gasteiger partial charge is 0.462 e. The molecule has 3 rings (SSSR count). The predicted octanol–water partition coefficient (Wildman–Crippen LogP) is 14.3. The Morgan fingerprint density at radius 2 is 0.862 bits per heavy atom. The maximum Gasteiger partial charge on any atom is 0.475 e. The molecule has 0 bridgehead atoms. The number of carbonyl (C=O) groups excluding carboxylic acids is 3. The first kappa shape index (κ1) is 55.3. The van der Waals surface area contributed by atoms with Gasteiger partial charge >= 0.3 is 25.9 Å². The molecule has 0 spiro atoms. The lowest BCUT2D eigenvalue weighted by Crippen LogP contribution is -2.29. The number of phosphoric acid groups is 1. The van der Waals surface area contributed by atoms with Crippen molar-refractivity contribution in [2.75, 3.05) is 19.8 Å². The van der Waals surface area contributed by atoms with Gasteiger partial charge in [0, 0.05) is 19.4 Å². The van der Waals surface area contributed by atoms with Gasteiger partial charge in [0.2, 0.25) is 0 Å². The zero-order valence-corrected chi connectivity index (χ0v) is 40.4. The molecule has 0 aromatic heterocycles. The summed E-state index contributed by atoms with van der Waals surface area (Å²) in [6, 6.07) is 28.2. The summed E-state index contributed by atoms with van der Waals surface area (Å²) < 4.78 is 47.9. The summed E-state index contributed by atoms with van der Waals surface area (Å²) in [5.41, 5.74) is 2.54. The van der Waals surface area contributed by atoms with E-state index < -0.39 is 19.9 Å². The van der Waals surface area contributed by atoms with Crippen LogP contribution in [-0.2, 0) is 61.8 Å².